The van der Waals surface area contributed by atoms with Crippen LogP contribution in [0.4, 0.5) is 0 Å². The Hall–Kier alpha value is -0.680. The number of nitrogens with zero attached hydrogens (tertiary/aromatic N) is 1. The van der Waals surface area contributed by atoms with E-state index in [1.807, 2.05) is 11.9 Å². The van der Waals surface area contributed by atoms with Crippen molar-refractivity contribution in [2.75, 3.05) is 20.1 Å². The molecule has 0 aromatic heterocycles. The van der Waals surface area contributed by atoms with Crippen LogP contribution in [0.2, 0.25) is 0 Å². The molecular weight excluding hydrogens is 234 g/mol. The van der Waals surface area contributed by atoms with Crippen molar-refractivity contribution in [2.24, 2.45) is 5.73 Å². The van der Waals surface area contributed by atoms with Crippen LogP contribution in [-0.4, -0.2) is 42.0 Å². The first-order valence-electron chi connectivity index (χ1n) is 6.34. The van der Waals surface area contributed by atoms with Gasteiger partial charge < -0.3 is 11.1 Å². The van der Waals surface area contributed by atoms with E-state index < -0.39 is 0 Å². The van der Waals surface area contributed by atoms with Crippen molar-refractivity contribution in [3.63, 3.8) is 0 Å². The molecule has 1 rings (SSSR count). The molecule has 0 atom stereocenters. The molecule has 0 spiro atoms. The molecule has 1 aliphatic rings. The first kappa shape index (κ1) is 14.4. The molecule has 0 saturated heterocycles. The predicted octanol–water partition coefficient (Wildman–Crippen LogP) is 1.04. The average Bonchev–Trinajstić information content (AvgIpc) is 2.44. The van der Waals surface area contributed by atoms with E-state index in [0.29, 0.717) is 24.1 Å². The maximum Gasteiger partial charge on any atom is 0.234 e. The molecule has 4 nitrogen and oxygen atoms in total. The van der Waals surface area contributed by atoms with E-state index in [0.717, 1.165) is 12.8 Å². The van der Waals surface area contributed by atoms with Crippen LogP contribution < -0.4 is 11.1 Å². The Bertz CT molecular complexity index is 262. The van der Waals surface area contributed by atoms with Crippen molar-refractivity contribution >= 4 is 23.1 Å². The second-order valence-electron chi connectivity index (χ2n) is 4.89. The molecule has 0 aromatic carbocycles. The van der Waals surface area contributed by atoms with Crippen LogP contribution in [0.1, 0.15) is 38.5 Å². The quantitative estimate of drug-likeness (QED) is 0.571. The summed E-state index contributed by atoms with van der Waals surface area (Å²) >= 11 is 4.81. The van der Waals surface area contributed by atoms with Gasteiger partial charge in [-0.1, -0.05) is 37.9 Å². The van der Waals surface area contributed by atoms with Gasteiger partial charge in [0.25, 0.3) is 0 Å². The fourth-order valence-electron chi connectivity index (χ4n) is 2.26. The molecule has 5 heteroatoms. The van der Waals surface area contributed by atoms with Gasteiger partial charge >= 0.3 is 0 Å². The van der Waals surface area contributed by atoms with Gasteiger partial charge in [-0.25, -0.2) is 0 Å². The van der Waals surface area contributed by atoms with Gasteiger partial charge in [0.1, 0.15) is 0 Å². The molecule has 0 bridgehead atoms. The lowest BCUT2D eigenvalue weighted by molar-refractivity contribution is -0.122. The van der Waals surface area contributed by atoms with E-state index in [1.54, 1.807) is 0 Å². The Morgan fingerprint density at radius 1 is 1.29 bits per heavy atom. The number of nitrogens with two attached hydrogens (primary N) is 1. The van der Waals surface area contributed by atoms with Gasteiger partial charge in [0, 0.05) is 12.6 Å². The Kier molecular flexibility index (Phi) is 6.44. The zero-order valence-corrected chi connectivity index (χ0v) is 11.4. The molecule has 0 aliphatic heterocycles. The fraction of sp³-hybridized carbons (Fsp3) is 0.833. The summed E-state index contributed by atoms with van der Waals surface area (Å²) in [4.78, 5) is 14.0. The van der Waals surface area contributed by atoms with Gasteiger partial charge in [-0.05, 0) is 19.9 Å². The number of hydrogen-bond acceptors (Lipinski definition) is 3. The molecule has 0 unspecified atom stereocenters. The third-order valence-electron chi connectivity index (χ3n) is 3.06. The number of rotatable bonds is 5. The molecule has 3 N–H and O–H groups in total. The lowest BCUT2D eigenvalue weighted by Gasteiger charge is -2.19. The highest BCUT2D eigenvalue weighted by Crippen LogP contribution is 2.16. The van der Waals surface area contributed by atoms with E-state index in [2.05, 4.69) is 5.32 Å². The van der Waals surface area contributed by atoms with Crippen LogP contribution in [0.15, 0.2) is 0 Å². The van der Waals surface area contributed by atoms with Crippen molar-refractivity contribution in [3.8, 4) is 0 Å². The molecule has 1 fully saturated rings. The van der Waals surface area contributed by atoms with Crippen molar-refractivity contribution in [1.29, 1.82) is 0 Å². The SMILES string of the molecule is CN(CC(=O)NC1CCCCCC1)CC(N)=S. The van der Waals surface area contributed by atoms with Crippen molar-refractivity contribution in [2.45, 2.75) is 44.6 Å². The maximum atomic E-state index is 11.8. The fourth-order valence-corrected chi connectivity index (χ4v) is 2.48. The summed E-state index contributed by atoms with van der Waals surface area (Å²) in [6, 6.07) is 0.364. The van der Waals surface area contributed by atoms with Crippen LogP contribution in [0.3, 0.4) is 0 Å². The summed E-state index contributed by atoms with van der Waals surface area (Å²) in [5, 5.41) is 3.10. The normalized spacial score (nSPS) is 17.8. The lowest BCUT2D eigenvalue weighted by Crippen LogP contribution is -2.42. The minimum absolute atomic E-state index is 0.0793. The third-order valence-corrected chi connectivity index (χ3v) is 3.19. The molecule has 98 valence electrons. The van der Waals surface area contributed by atoms with Crippen LogP contribution in [0, 0.1) is 0 Å². The summed E-state index contributed by atoms with van der Waals surface area (Å²) in [5.74, 6) is 0.0793. The summed E-state index contributed by atoms with van der Waals surface area (Å²) in [5.41, 5.74) is 5.43. The Labute approximate surface area is 109 Å². The number of thiocarbonyl (C=S) groups is 1. The number of amides is 1. The van der Waals surface area contributed by atoms with Crippen molar-refractivity contribution in [1.82, 2.24) is 10.2 Å². The molecule has 1 saturated carbocycles. The third kappa shape index (κ3) is 6.58. The zero-order valence-electron chi connectivity index (χ0n) is 10.6. The summed E-state index contributed by atoms with van der Waals surface area (Å²) in [6.45, 7) is 0.862. The first-order chi connectivity index (χ1) is 8.08. The van der Waals surface area contributed by atoms with Crippen LogP contribution in [0.5, 0.6) is 0 Å². The standard InChI is InChI=1S/C12H23N3OS/c1-15(8-11(13)17)9-12(16)14-10-6-4-2-3-5-7-10/h10H,2-9H2,1H3,(H2,13,17)(H,14,16). The highest BCUT2D eigenvalue weighted by molar-refractivity contribution is 7.80. The average molecular weight is 257 g/mol. The Morgan fingerprint density at radius 2 is 1.88 bits per heavy atom. The molecule has 0 radical (unpaired) electrons. The monoisotopic (exact) mass is 257 g/mol. The number of carbonyl (C=O) groups is 1. The van der Waals surface area contributed by atoms with Crippen molar-refractivity contribution < 1.29 is 4.79 Å². The topological polar surface area (TPSA) is 58.4 Å². The molecule has 1 aliphatic carbocycles. The van der Waals surface area contributed by atoms with E-state index in [9.17, 15) is 4.79 Å². The van der Waals surface area contributed by atoms with Gasteiger partial charge in [0.05, 0.1) is 11.5 Å². The van der Waals surface area contributed by atoms with Crippen LogP contribution in [0.25, 0.3) is 0 Å². The number of likely N-dealkylation sites (N-methyl/N-ethyl adjacent to an activating group) is 1. The molecule has 17 heavy (non-hydrogen) atoms. The van der Waals surface area contributed by atoms with Gasteiger partial charge in [0.2, 0.25) is 5.91 Å². The first-order valence-corrected chi connectivity index (χ1v) is 6.75. The molecular formula is C12H23N3OS. The number of nitrogens with one attached hydrogen (secondary N) is 1. The van der Waals surface area contributed by atoms with Crippen molar-refractivity contribution in [3.05, 3.63) is 0 Å². The van der Waals surface area contributed by atoms with Crippen LogP contribution >= 0.6 is 12.2 Å². The van der Waals surface area contributed by atoms with E-state index in [-0.39, 0.29) is 5.91 Å². The highest BCUT2D eigenvalue weighted by Gasteiger charge is 2.15. The second-order valence-corrected chi connectivity index (χ2v) is 5.42. The minimum Gasteiger partial charge on any atom is -0.392 e. The Morgan fingerprint density at radius 3 is 2.41 bits per heavy atom. The lowest BCUT2D eigenvalue weighted by atomic mass is 10.1. The predicted molar refractivity (Wildman–Crippen MR) is 73.9 cm³/mol. The minimum atomic E-state index is 0.0793. The van der Waals surface area contributed by atoms with Gasteiger partial charge in [-0.15, -0.1) is 0 Å². The number of carbonyl (C=O) groups excluding carboxylic acids is 1. The molecule has 1 amide bonds. The van der Waals surface area contributed by atoms with Gasteiger partial charge in [-0.2, -0.15) is 0 Å². The highest BCUT2D eigenvalue weighted by atomic mass is 32.1. The summed E-state index contributed by atoms with van der Waals surface area (Å²) in [7, 11) is 1.85. The van der Waals surface area contributed by atoms with Crippen LogP contribution in [-0.2, 0) is 4.79 Å². The smallest absolute Gasteiger partial charge is 0.234 e. The maximum absolute atomic E-state index is 11.8. The summed E-state index contributed by atoms with van der Waals surface area (Å²) < 4.78 is 0. The zero-order chi connectivity index (χ0) is 12.7. The van der Waals surface area contributed by atoms with E-state index in [1.165, 1.54) is 25.7 Å². The summed E-state index contributed by atoms with van der Waals surface area (Å²) in [6.07, 6.45) is 7.29. The molecule has 0 aromatic rings. The van der Waals surface area contributed by atoms with E-state index >= 15 is 0 Å². The van der Waals surface area contributed by atoms with Gasteiger partial charge in [0.15, 0.2) is 0 Å². The van der Waals surface area contributed by atoms with E-state index in [4.69, 9.17) is 18.0 Å². The largest absolute Gasteiger partial charge is 0.392 e. The number of hydrogen-bond donors (Lipinski definition) is 2. The Balaban J connectivity index is 2.25. The second kappa shape index (κ2) is 7.61. The van der Waals surface area contributed by atoms with Gasteiger partial charge in [-0.3, -0.25) is 9.69 Å². The molecule has 0 heterocycles.